The molecule has 7 rings (SSSR count). The smallest absolute Gasteiger partial charge is 1.00 e. The minimum Gasteiger partial charge on any atom is -1.00 e. The molecule has 3 aliphatic rings. The van der Waals surface area contributed by atoms with Gasteiger partial charge in [0, 0.05) is 0 Å². The van der Waals surface area contributed by atoms with Gasteiger partial charge in [0.1, 0.15) is 0 Å². The molecule has 0 radical (unpaired) electrons. The monoisotopic (exact) mass is 572 g/mol. The molecule has 174 valence electrons. The second kappa shape index (κ2) is 10.3. The first kappa shape index (κ1) is 24.9. The molecule has 0 N–H and O–H groups in total. The predicted molar refractivity (Wildman–Crippen MR) is 139 cm³/mol. The first-order chi connectivity index (χ1) is 16.4. The average molecular weight is 575 g/mol. The normalized spacial score (nSPS) is 17.7. The Balaban J connectivity index is 0.00000127. The fraction of sp³-hybridized carbons (Fsp3) is 0.219. The SMILES string of the molecule is C1=CC[C]([Zr+2](=[C]2CCCCC2)[CH]2c3ccccc3-c3c2c2ccccc2c2ccccc32)=C1.[Cl-].[Cl-]. The number of rotatable bonds is 2. The summed E-state index contributed by atoms with van der Waals surface area (Å²) in [5.74, 6) is 0. The van der Waals surface area contributed by atoms with E-state index < -0.39 is 21.3 Å². The maximum Gasteiger partial charge on any atom is -1.00 e. The van der Waals surface area contributed by atoms with Crippen LogP contribution in [-0.4, -0.2) is 3.21 Å². The number of hydrogen-bond acceptors (Lipinski definition) is 0. The van der Waals surface area contributed by atoms with E-state index in [1.54, 1.807) is 11.1 Å². The van der Waals surface area contributed by atoms with Crippen LogP contribution < -0.4 is 24.8 Å². The third-order valence-corrected chi connectivity index (χ3v) is 16.7. The molecule has 0 bridgehead atoms. The summed E-state index contributed by atoms with van der Waals surface area (Å²) in [6.07, 6.45) is 15.4. The molecule has 1 fully saturated rings. The Kier molecular flexibility index (Phi) is 7.32. The summed E-state index contributed by atoms with van der Waals surface area (Å²) in [6, 6.07) is 27.8. The summed E-state index contributed by atoms with van der Waals surface area (Å²) >= 11 is -2.15. The van der Waals surface area contributed by atoms with Gasteiger partial charge < -0.3 is 24.8 Å². The fourth-order valence-electron chi connectivity index (χ4n) is 6.70. The molecule has 0 aliphatic heterocycles. The van der Waals surface area contributed by atoms with Crippen molar-refractivity contribution in [3.05, 3.63) is 105 Å². The number of halogens is 2. The maximum absolute atomic E-state index is 2.51. The van der Waals surface area contributed by atoms with Gasteiger partial charge >= 0.3 is 205 Å². The first-order valence-electron chi connectivity index (χ1n) is 12.5. The van der Waals surface area contributed by atoms with Gasteiger partial charge in [0.05, 0.1) is 0 Å². The molecule has 0 spiro atoms. The van der Waals surface area contributed by atoms with Crippen molar-refractivity contribution in [2.45, 2.75) is 42.2 Å². The number of benzene rings is 4. The molecule has 0 heterocycles. The Morgan fingerprint density at radius 3 is 2.00 bits per heavy atom. The van der Waals surface area contributed by atoms with Crippen molar-refractivity contribution in [2.75, 3.05) is 0 Å². The van der Waals surface area contributed by atoms with Gasteiger partial charge in [-0.2, -0.15) is 0 Å². The van der Waals surface area contributed by atoms with Crippen molar-refractivity contribution in [3.63, 3.8) is 0 Å². The molecule has 3 heteroatoms. The Labute approximate surface area is 228 Å². The van der Waals surface area contributed by atoms with Crippen molar-refractivity contribution in [1.82, 2.24) is 0 Å². The molecule has 0 amide bonds. The van der Waals surface area contributed by atoms with E-state index in [-0.39, 0.29) is 24.8 Å². The molecule has 0 nitrogen and oxygen atoms in total. The zero-order valence-corrected chi connectivity index (χ0v) is 23.7. The van der Waals surface area contributed by atoms with Crippen LogP contribution in [0.2, 0.25) is 0 Å². The van der Waals surface area contributed by atoms with E-state index in [2.05, 4.69) is 91.0 Å². The van der Waals surface area contributed by atoms with E-state index in [1.165, 1.54) is 71.2 Å². The van der Waals surface area contributed by atoms with Crippen molar-refractivity contribution in [2.24, 2.45) is 0 Å². The summed E-state index contributed by atoms with van der Waals surface area (Å²) in [5, 5.41) is 5.77. The molecule has 1 saturated carbocycles. The van der Waals surface area contributed by atoms with Gasteiger partial charge in [-0.15, -0.1) is 0 Å². The van der Waals surface area contributed by atoms with Crippen LogP contribution >= 0.6 is 0 Å². The van der Waals surface area contributed by atoms with Crippen LogP contribution in [0.25, 0.3) is 32.7 Å². The molecule has 0 saturated heterocycles. The van der Waals surface area contributed by atoms with Gasteiger partial charge in [0.25, 0.3) is 0 Å². The molecular formula is C32H28Cl2Zr. The van der Waals surface area contributed by atoms with Crippen LogP contribution in [0.1, 0.15) is 53.3 Å². The van der Waals surface area contributed by atoms with Gasteiger partial charge in [0.2, 0.25) is 0 Å². The number of allylic oxidation sites excluding steroid dienone is 4. The zero-order valence-electron chi connectivity index (χ0n) is 19.7. The second-order valence-corrected chi connectivity index (χ2v) is 16.6. The molecule has 4 aromatic carbocycles. The van der Waals surface area contributed by atoms with Crippen molar-refractivity contribution >= 4 is 24.8 Å². The van der Waals surface area contributed by atoms with E-state index in [9.17, 15) is 0 Å². The Hall–Kier alpha value is -1.79. The summed E-state index contributed by atoms with van der Waals surface area (Å²) in [4.78, 5) is 0. The molecule has 35 heavy (non-hydrogen) atoms. The van der Waals surface area contributed by atoms with E-state index >= 15 is 0 Å². The van der Waals surface area contributed by atoms with Gasteiger partial charge in [-0.05, 0) is 0 Å². The maximum atomic E-state index is 2.51. The Morgan fingerprint density at radius 1 is 0.657 bits per heavy atom. The number of fused-ring (bicyclic) bond motifs is 8. The van der Waals surface area contributed by atoms with Crippen molar-refractivity contribution in [3.8, 4) is 11.1 Å². The number of hydrogen-bond donors (Lipinski definition) is 0. The fourth-order valence-corrected chi connectivity index (χ4v) is 16.3. The van der Waals surface area contributed by atoms with Crippen LogP contribution in [0.3, 0.4) is 0 Å². The van der Waals surface area contributed by atoms with E-state index in [0.29, 0.717) is 3.63 Å². The molecule has 4 aromatic rings. The minimum atomic E-state index is -2.15. The Morgan fingerprint density at radius 2 is 1.29 bits per heavy atom. The van der Waals surface area contributed by atoms with E-state index in [1.807, 2.05) is 6.49 Å². The van der Waals surface area contributed by atoms with Crippen LogP contribution in [-0.2, 0) is 21.3 Å². The van der Waals surface area contributed by atoms with Gasteiger partial charge in [-0.25, -0.2) is 0 Å². The quantitative estimate of drug-likeness (QED) is 0.323. The van der Waals surface area contributed by atoms with Crippen LogP contribution in [0.4, 0.5) is 0 Å². The van der Waals surface area contributed by atoms with Gasteiger partial charge in [-0.1, -0.05) is 0 Å². The predicted octanol–water partition coefficient (Wildman–Crippen LogP) is 2.67. The van der Waals surface area contributed by atoms with Gasteiger partial charge in [-0.3, -0.25) is 0 Å². The topological polar surface area (TPSA) is 0 Å². The third kappa shape index (κ3) is 3.96. The van der Waals surface area contributed by atoms with Gasteiger partial charge in [0.15, 0.2) is 0 Å². The van der Waals surface area contributed by atoms with Crippen LogP contribution in [0.15, 0.2) is 94.3 Å². The zero-order chi connectivity index (χ0) is 21.8. The van der Waals surface area contributed by atoms with Crippen molar-refractivity contribution < 1.29 is 46.1 Å². The third-order valence-electron chi connectivity index (χ3n) is 8.05. The minimum absolute atomic E-state index is 0. The summed E-state index contributed by atoms with van der Waals surface area (Å²) in [6.45, 7) is 0. The van der Waals surface area contributed by atoms with Crippen LogP contribution in [0, 0.1) is 0 Å². The summed E-state index contributed by atoms with van der Waals surface area (Å²) in [7, 11) is 0. The summed E-state index contributed by atoms with van der Waals surface area (Å²) < 4.78 is 4.41. The van der Waals surface area contributed by atoms with Crippen molar-refractivity contribution in [1.29, 1.82) is 0 Å². The Bertz CT molecular complexity index is 1520. The second-order valence-electron chi connectivity index (χ2n) is 9.80. The molecular weight excluding hydrogens is 546 g/mol. The van der Waals surface area contributed by atoms with Crippen LogP contribution in [0.5, 0.6) is 0 Å². The summed E-state index contributed by atoms with van der Waals surface area (Å²) in [5.41, 5.74) is 6.31. The first-order valence-corrected chi connectivity index (χ1v) is 16.4. The molecule has 0 aromatic heterocycles. The standard InChI is InChI=1S/C21H13.C6H10.C5H5.2ClH.Zr/c1-2-8-15-14(7-1)13-20-18-11-4-3-9-16(18)17-10-5-6-12-19(17)21(15)20;1-2-4-6-5-3-1;1-2-4-5-3-1;;;/h1-13H;1-5H2;1-3H,4H2;2*1H;/q;;;;;+2/p-2. The largest absolute Gasteiger partial charge is 1.00 e. The van der Waals surface area contributed by atoms with E-state index in [4.69, 9.17) is 0 Å². The average Bonchev–Trinajstić information content (AvgIpc) is 3.53. The molecule has 3 aliphatic carbocycles. The molecule has 1 unspecified atom stereocenters. The molecule has 1 atom stereocenters. The van der Waals surface area contributed by atoms with E-state index in [0.717, 1.165) is 0 Å².